The van der Waals surface area contributed by atoms with E-state index >= 15 is 0 Å². The van der Waals surface area contributed by atoms with E-state index in [-0.39, 0.29) is 0 Å². The van der Waals surface area contributed by atoms with Gasteiger partial charge in [-0.15, -0.1) is 0 Å². The summed E-state index contributed by atoms with van der Waals surface area (Å²) in [6, 6.07) is 1.90. The van der Waals surface area contributed by atoms with Crippen LogP contribution in [0.25, 0.3) is 0 Å². The van der Waals surface area contributed by atoms with Gasteiger partial charge in [0.1, 0.15) is 6.07 Å². The largest absolute Gasteiger partial charge is 0.192 e. The van der Waals surface area contributed by atoms with E-state index in [1.807, 2.05) is 13.0 Å². The van der Waals surface area contributed by atoms with Crippen molar-refractivity contribution in [3.8, 4) is 6.07 Å². The van der Waals surface area contributed by atoms with E-state index in [0.717, 1.165) is 4.91 Å². The minimum atomic E-state index is 0.498. The van der Waals surface area contributed by atoms with E-state index < -0.39 is 0 Å². The molecule has 0 atom stereocenters. The Morgan fingerprint density at radius 2 is 2.12 bits per heavy atom. The standard InChI is InChI=1S/C6H7NS/c1-5(2)8-6(3)4-7/h1,3H2,2H3. The van der Waals surface area contributed by atoms with Gasteiger partial charge in [0.2, 0.25) is 0 Å². The minimum absolute atomic E-state index is 0.498. The highest BCUT2D eigenvalue weighted by molar-refractivity contribution is 8.06. The van der Waals surface area contributed by atoms with Crippen LogP contribution < -0.4 is 0 Å². The highest BCUT2D eigenvalue weighted by atomic mass is 32.2. The summed E-state index contributed by atoms with van der Waals surface area (Å²) in [7, 11) is 0. The van der Waals surface area contributed by atoms with Gasteiger partial charge < -0.3 is 0 Å². The first-order valence-electron chi connectivity index (χ1n) is 2.09. The third-order valence-corrected chi connectivity index (χ3v) is 1.11. The van der Waals surface area contributed by atoms with Crippen LogP contribution in [0.5, 0.6) is 0 Å². The second-order valence-electron chi connectivity index (χ2n) is 1.34. The summed E-state index contributed by atoms with van der Waals surface area (Å²) in [6.07, 6.45) is 0. The van der Waals surface area contributed by atoms with Crippen molar-refractivity contribution in [1.29, 1.82) is 5.26 Å². The lowest BCUT2D eigenvalue weighted by Crippen LogP contribution is -1.63. The molecule has 0 unspecified atom stereocenters. The van der Waals surface area contributed by atoms with Crippen LogP contribution in [0, 0.1) is 11.3 Å². The maximum absolute atomic E-state index is 8.17. The van der Waals surface area contributed by atoms with Crippen molar-refractivity contribution < 1.29 is 0 Å². The van der Waals surface area contributed by atoms with E-state index in [0.29, 0.717) is 4.91 Å². The molecule has 42 valence electrons. The maximum Gasteiger partial charge on any atom is 0.106 e. The van der Waals surface area contributed by atoms with Crippen LogP contribution in [0.1, 0.15) is 6.92 Å². The number of nitriles is 1. The van der Waals surface area contributed by atoms with Crippen molar-refractivity contribution in [2.24, 2.45) is 0 Å². The fraction of sp³-hybridized carbons (Fsp3) is 0.167. The summed E-state index contributed by atoms with van der Waals surface area (Å²) in [5, 5.41) is 8.17. The van der Waals surface area contributed by atoms with E-state index in [1.165, 1.54) is 11.8 Å². The Balaban J connectivity index is 3.61. The summed E-state index contributed by atoms with van der Waals surface area (Å²) in [4.78, 5) is 1.40. The van der Waals surface area contributed by atoms with Gasteiger partial charge in [0.25, 0.3) is 0 Å². The maximum atomic E-state index is 8.17. The van der Waals surface area contributed by atoms with Gasteiger partial charge in [-0.25, -0.2) is 0 Å². The van der Waals surface area contributed by atoms with Gasteiger partial charge in [-0.3, -0.25) is 0 Å². The molecule has 0 bridgehead atoms. The number of hydrogen-bond acceptors (Lipinski definition) is 2. The van der Waals surface area contributed by atoms with Gasteiger partial charge in [-0.1, -0.05) is 24.9 Å². The highest BCUT2D eigenvalue weighted by Crippen LogP contribution is 2.19. The van der Waals surface area contributed by atoms with Crippen molar-refractivity contribution in [3.05, 3.63) is 23.0 Å². The first kappa shape index (κ1) is 7.32. The number of nitrogens with zero attached hydrogens (tertiary/aromatic N) is 1. The first-order chi connectivity index (χ1) is 3.66. The predicted molar refractivity (Wildman–Crippen MR) is 37.2 cm³/mol. The van der Waals surface area contributed by atoms with Crippen molar-refractivity contribution in [2.75, 3.05) is 0 Å². The lowest BCUT2D eigenvalue weighted by atomic mass is 10.7. The van der Waals surface area contributed by atoms with Gasteiger partial charge >= 0.3 is 0 Å². The quantitative estimate of drug-likeness (QED) is 0.529. The highest BCUT2D eigenvalue weighted by Gasteiger charge is 1.89. The number of thioether (sulfide) groups is 1. The molecule has 1 nitrogen and oxygen atoms in total. The smallest absolute Gasteiger partial charge is 0.106 e. The van der Waals surface area contributed by atoms with Crippen LogP contribution in [-0.2, 0) is 0 Å². The molecule has 0 fully saturated rings. The molecule has 0 rings (SSSR count). The number of hydrogen-bond donors (Lipinski definition) is 0. The van der Waals surface area contributed by atoms with Crippen LogP contribution in [0.2, 0.25) is 0 Å². The molecule has 0 saturated heterocycles. The Kier molecular flexibility index (Phi) is 3.05. The van der Waals surface area contributed by atoms with E-state index in [1.54, 1.807) is 0 Å². The minimum Gasteiger partial charge on any atom is -0.192 e. The molecule has 0 N–H and O–H groups in total. The fourth-order valence-electron chi connectivity index (χ4n) is 0.233. The van der Waals surface area contributed by atoms with Crippen LogP contribution in [-0.4, -0.2) is 0 Å². The summed E-state index contributed by atoms with van der Waals surface area (Å²) in [6.45, 7) is 8.89. The molecule has 0 amide bonds. The zero-order valence-electron chi connectivity index (χ0n) is 4.77. The third-order valence-electron chi connectivity index (χ3n) is 0.422. The molecule has 0 heterocycles. The first-order valence-corrected chi connectivity index (χ1v) is 2.91. The molecule has 0 aliphatic heterocycles. The van der Waals surface area contributed by atoms with E-state index in [9.17, 15) is 0 Å². The van der Waals surface area contributed by atoms with Crippen LogP contribution in [0.3, 0.4) is 0 Å². The van der Waals surface area contributed by atoms with Crippen molar-refractivity contribution in [3.63, 3.8) is 0 Å². The SMILES string of the molecule is C=C(C)SC(=C)C#N. The fourth-order valence-corrected chi connectivity index (χ4v) is 0.699. The molecular formula is C6H7NS. The van der Waals surface area contributed by atoms with Crippen LogP contribution >= 0.6 is 11.8 Å². The van der Waals surface area contributed by atoms with Gasteiger partial charge in [0.15, 0.2) is 0 Å². The van der Waals surface area contributed by atoms with Gasteiger partial charge in [0, 0.05) is 0 Å². The monoisotopic (exact) mass is 125 g/mol. The third kappa shape index (κ3) is 3.51. The Bertz CT molecular complexity index is 152. The average molecular weight is 125 g/mol. The molecule has 0 aromatic carbocycles. The van der Waals surface area contributed by atoms with Crippen molar-refractivity contribution in [2.45, 2.75) is 6.92 Å². The molecule has 0 spiro atoms. The van der Waals surface area contributed by atoms with Crippen molar-refractivity contribution in [1.82, 2.24) is 0 Å². The van der Waals surface area contributed by atoms with Gasteiger partial charge in [0.05, 0.1) is 4.91 Å². The van der Waals surface area contributed by atoms with Crippen LogP contribution in [0.4, 0.5) is 0 Å². The van der Waals surface area contributed by atoms with Gasteiger partial charge in [-0.05, 0) is 11.8 Å². The Morgan fingerprint density at radius 3 is 2.25 bits per heavy atom. The summed E-state index contributed by atoms with van der Waals surface area (Å²) in [5.74, 6) is 0. The Hall–Kier alpha value is -0.680. The van der Waals surface area contributed by atoms with Gasteiger partial charge in [-0.2, -0.15) is 5.26 Å². The van der Waals surface area contributed by atoms with Crippen LogP contribution in [0.15, 0.2) is 23.0 Å². The zero-order valence-corrected chi connectivity index (χ0v) is 5.59. The van der Waals surface area contributed by atoms with Crippen molar-refractivity contribution >= 4 is 11.8 Å². The summed E-state index contributed by atoms with van der Waals surface area (Å²) >= 11 is 1.30. The molecule has 0 aromatic heterocycles. The summed E-state index contributed by atoms with van der Waals surface area (Å²) < 4.78 is 0. The molecule has 0 saturated carbocycles. The molecule has 0 radical (unpaired) electrons. The predicted octanol–water partition coefficient (Wildman–Crippen LogP) is 2.29. The molecule has 0 aliphatic rings. The molecule has 0 aromatic rings. The molecular weight excluding hydrogens is 118 g/mol. The Morgan fingerprint density at radius 1 is 1.62 bits per heavy atom. The van der Waals surface area contributed by atoms with E-state index in [2.05, 4.69) is 13.2 Å². The topological polar surface area (TPSA) is 23.8 Å². The lowest BCUT2D eigenvalue weighted by Gasteiger charge is -1.89. The zero-order chi connectivity index (χ0) is 6.57. The normalized spacial score (nSPS) is 7.50. The van der Waals surface area contributed by atoms with E-state index in [4.69, 9.17) is 5.26 Å². The molecule has 8 heavy (non-hydrogen) atoms. The molecule has 2 heteroatoms. The molecule has 0 aliphatic carbocycles. The second kappa shape index (κ2) is 3.34. The second-order valence-corrected chi connectivity index (χ2v) is 2.73. The Labute approximate surface area is 53.7 Å². The summed E-state index contributed by atoms with van der Waals surface area (Å²) in [5.41, 5.74) is 0. The average Bonchev–Trinajstić information content (AvgIpc) is 1.65. The number of rotatable bonds is 2. The number of allylic oxidation sites excluding steroid dienone is 2. The lowest BCUT2D eigenvalue weighted by molar-refractivity contribution is 1.53.